The van der Waals surface area contributed by atoms with Crippen molar-refractivity contribution in [3.8, 4) is 0 Å². The highest BCUT2D eigenvalue weighted by Gasteiger charge is 1.72. The van der Waals surface area contributed by atoms with Crippen LogP contribution in [0.4, 0.5) is 0 Å². The Balaban J connectivity index is -0.000000180. The maximum absolute atomic E-state index is 8.63. The van der Waals surface area contributed by atoms with Gasteiger partial charge in [-0.1, -0.05) is 6.08 Å². The van der Waals surface area contributed by atoms with Gasteiger partial charge in [0.2, 0.25) is 0 Å². The Morgan fingerprint density at radius 3 is 1.89 bits per heavy atom. The average molecular weight is 152 g/mol. The molecule has 0 aliphatic heterocycles. The molecule has 0 aliphatic carbocycles. The van der Waals surface area contributed by atoms with Crippen molar-refractivity contribution in [3.63, 3.8) is 0 Å². The molecular formula is C6H14ClNO. The van der Waals surface area contributed by atoms with Crippen molar-refractivity contribution in [3.05, 3.63) is 24.0 Å². The molecule has 0 amide bonds. The van der Waals surface area contributed by atoms with E-state index in [1.54, 1.807) is 25.2 Å². The van der Waals surface area contributed by atoms with Crippen molar-refractivity contribution in [1.29, 1.82) is 0 Å². The zero-order chi connectivity index (χ0) is 5.70. The van der Waals surface area contributed by atoms with Crippen molar-refractivity contribution in [2.75, 3.05) is 0 Å². The molecule has 0 heterocycles. The van der Waals surface area contributed by atoms with Crippen LogP contribution in [0.2, 0.25) is 0 Å². The zero-order valence-electron chi connectivity index (χ0n) is 5.79. The van der Waals surface area contributed by atoms with Gasteiger partial charge in [-0.05, 0) is 26.0 Å². The SMILES string of the molecule is CC=CC(O)=CC.Cl.N. The highest BCUT2D eigenvalue weighted by molar-refractivity contribution is 5.85. The lowest BCUT2D eigenvalue weighted by Crippen LogP contribution is -1.67. The van der Waals surface area contributed by atoms with Gasteiger partial charge in [-0.25, -0.2) is 0 Å². The molecule has 0 unspecified atom stereocenters. The number of hydrogen-bond donors (Lipinski definition) is 2. The summed E-state index contributed by atoms with van der Waals surface area (Å²) in [6.07, 6.45) is 5.06. The molecule has 0 saturated carbocycles. The van der Waals surface area contributed by atoms with Crippen LogP contribution in [0.5, 0.6) is 0 Å². The Morgan fingerprint density at radius 2 is 1.78 bits per heavy atom. The van der Waals surface area contributed by atoms with E-state index in [0.717, 1.165) is 0 Å². The Kier molecular flexibility index (Phi) is 18.5. The molecule has 0 atom stereocenters. The van der Waals surface area contributed by atoms with Gasteiger partial charge in [0, 0.05) is 0 Å². The van der Waals surface area contributed by atoms with E-state index in [1.165, 1.54) is 0 Å². The maximum atomic E-state index is 8.63. The van der Waals surface area contributed by atoms with E-state index in [0.29, 0.717) is 5.76 Å². The van der Waals surface area contributed by atoms with Gasteiger partial charge >= 0.3 is 0 Å². The van der Waals surface area contributed by atoms with Crippen LogP contribution in [0.25, 0.3) is 0 Å². The molecule has 0 radical (unpaired) electrons. The second-order valence-electron chi connectivity index (χ2n) is 1.21. The lowest BCUT2D eigenvalue weighted by atomic mass is 10.4. The summed E-state index contributed by atoms with van der Waals surface area (Å²) >= 11 is 0. The summed E-state index contributed by atoms with van der Waals surface area (Å²) in [6, 6.07) is 0. The Morgan fingerprint density at radius 1 is 1.33 bits per heavy atom. The Bertz CT molecular complexity index is 99.2. The fourth-order valence-electron chi connectivity index (χ4n) is 0.267. The molecule has 0 aliphatic rings. The fourth-order valence-corrected chi connectivity index (χ4v) is 0.267. The molecule has 0 aromatic heterocycles. The predicted octanol–water partition coefficient (Wildman–Crippen LogP) is 2.61. The first kappa shape index (κ1) is 15.8. The lowest BCUT2D eigenvalue weighted by Gasteiger charge is -1.81. The van der Waals surface area contributed by atoms with Crippen LogP contribution in [0.1, 0.15) is 13.8 Å². The number of allylic oxidation sites excluding steroid dienone is 3. The second-order valence-corrected chi connectivity index (χ2v) is 1.21. The van der Waals surface area contributed by atoms with E-state index in [4.69, 9.17) is 5.11 Å². The molecule has 0 spiro atoms. The molecule has 0 rings (SSSR count). The Labute approximate surface area is 62.3 Å². The van der Waals surface area contributed by atoms with E-state index in [-0.39, 0.29) is 18.6 Å². The van der Waals surface area contributed by atoms with Gasteiger partial charge < -0.3 is 11.3 Å². The van der Waals surface area contributed by atoms with Crippen LogP contribution in [0, 0.1) is 0 Å². The van der Waals surface area contributed by atoms with Gasteiger partial charge in [0.15, 0.2) is 0 Å². The van der Waals surface area contributed by atoms with Gasteiger partial charge in [0.25, 0.3) is 0 Å². The molecule has 0 bridgehead atoms. The highest BCUT2D eigenvalue weighted by Crippen LogP contribution is 1.86. The van der Waals surface area contributed by atoms with Crippen LogP contribution in [0.15, 0.2) is 24.0 Å². The topological polar surface area (TPSA) is 55.2 Å². The number of hydrogen-bond acceptors (Lipinski definition) is 2. The summed E-state index contributed by atoms with van der Waals surface area (Å²) < 4.78 is 0. The van der Waals surface area contributed by atoms with Crippen LogP contribution in [-0.4, -0.2) is 5.11 Å². The summed E-state index contributed by atoms with van der Waals surface area (Å²) in [7, 11) is 0. The fraction of sp³-hybridized carbons (Fsp3) is 0.333. The summed E-state index contributed by atoms with van der Waals surface area (Å²) in [5.74, 6) is 0.322. The van der Waals surface area contributed by atoms with E-state index in [9.17, 15) is 0 Å². The van der Waals surface area contributed by atoms with E-state index in [1.807, 2.05) is 6.92 Å². The van der Waals surface area contributed by atoms with Gasteiger partial charge in [-0.3, -0.25) is 0 Å². The lowest BCUT2D eigenvalue weighted by molar-refractivity contribution is 0.431. The van der Waals surface area contributed by atoms with Crippen LogP contribution >= 0.6 is 12.4 Å². The smallest absolute Gasteiger partial charge is 0.110 e. The van der Waals surface area contributed by atoms with E-state index in [2.05, 4.69) is 0 Å². The molecule has 0 fully saturated rings. The molecule has 0 saturated heterocycles. The summed E-state index contributed by atoms with van der Waals surface area (Å²) in [5.41, 5.74) is 0. The van der Waals surface area contributed by atoms with Gasteiger partial charge in [-0.2, -0.15) is 0 Å². The summed E-state index contributed by atoms with van der Waals surface area (Å²) in [5, 5.41) is 8.63. The predicted molar refractivity (Wildman–Crippen MR) is 43.5 cm³/mol. The molecule has 3 heteroatoms. The maximum Gasteiger partial charge on any atom is 0.110 e. The molecule has 0 aromatic rings. The third-order valence-corrected chi connectivity index (χ3v) is 0.633. The standard InChI is InChI=1S/C6H10O.ClH.H3N/c1-3-5-6(7)4-2;;/h3-5,7H,1-2H3;1H;1H3. The third kappa shape index (κ3) is 11.2. The average Bonchev–Trinajstić information content (AvgIpc) is 1.68. The van der Waals surface area contributed by atoms with Crippen molar-refractivity contribution in [2.24, 2.45) is 0 Å². The van der Waals surface area contributed by atoms with Gasteiger partial charge in [-0.15, -0.1) is 12.4 Å². The minimum atomic E-state index is 0. The van der Waals surface area contributed by atoms with Crippen LogP contribution in [-0.2, 0) is 0 Å². The van der Waals surface area contributed by atoms with Crippen molar-refractivity contribution in [1.82, 2.24) is 6.15 Å². The zero-order valence-corrected chi connectivity index (χ0v) is 6.61. The largest absolute Gasteiger partial charge is 0.508 e. The molecule has 9 heavy (non-hydrogen) atoms. The van der Waals surface area contributed by atoms with E-state index < -0.39 is 0 Å². The van der Waals surface area contributed by atoms with Gasteiger partial charge in [0.05, 0.1) is 0 Å². The molecular weight excluding hydrogens is 138 g/mol. The second kappa shape index (κ2) is 10.5. The summed E-state index contributed by atoms with van der Waals surface area (Å²) in [6.45, 7) is 3.65. The minimum absolute atomic E-state index is 0. The molecule has 4 N–H and O–H groups in total. The molecule has 2 nitrogen and oxygen atoms in total. The van der Waals surface area contributed by atoms with Crippen LogP contribution < -0.4 is 6.15 Å². The Hall–Kier alpha value is -0.470. The number of rotatable bonds is 1. The first-order chi connectivity index (χ1) is 3.31. The first-order valence-corrected chi connectivity index (χ1v) is 2.29. The first-order valence-electron chi connectivity index (χ1n) is 2.29. The van der Waals surface area contributed by atoms with Gasteiger partial charge in [0.1, 0.15) is 5.76 Å². The van der Waals surface area contributed by atoms with Crippen LogP contribution in [0.3, 0.4) is 0 Å². The monoisotopic (exact) mass is 151 g/mol. The summed E-state index contributed by atoms with van der Waals surface area (Å²) in [4.78, 5) is 0. The number of aliphatic hydroxyl groups is 1. The third-order valence-electron chi connectivity index (χ3n) is 0.633. The van der Waals surface area contributed by atoms with Crippen molar-refractivity contribution < 1.29 is 5.11 Å². The number of halogens is 1. The quantitative estimate of drug-likeness (QED) is 0.447. The molecule has 56 valence electrons. The van der Waals surface area contributed by atoms with E-state index >= 15 is 0 Å². The van der Waals surface area contributed by atoms with Crippen molar-refractivity contribution in [2.45, 2.75) is 13.8 Å². The molecule has 0 aromatic carbocycles. The highest BCUT2D eigenvalue weighted by atomic mass is 35.5. The normalized spacial score (nSPS) is 10.2. The minimum Gasteiger partial charge on any atom is -0.508 e. The van der Waals surface area contributed by atoms with Crippen molar-refractivity contribution >= 4 is 12.4 Å². The number of aliphatic hydroxyl groups excluding tert-OH is 1.